The van der Waals surface area contributed by atoms with Gasteiger partial charge in [-0.3, -0.25) is 14.8 Å². The Morgan fingerprint density at radius 2 is 1.81 bits per heavy atom. The van der Waals surface area contributed by atoms with Gasteiger partial charge < -0.3 is 14.8 Å². The molecule has 0 spiro atoms. The maximum Gasteiger partial charge on any atom is 0.336 e. The van der Waals surface area contributed by atoms with Gasteiger partial charge in [0.25, 0.3) is 5.69 Å². The lowest BCUT2D eigenvalue weighted by molar-refractivity contribution is -0.385. The van der Waals surface area contributed by atoms with Gasteiger partial charge in [0, 0.05) is 35.9 Å². The second kappa shape index (κ2) is 11.6. The summed E-state index contributed by atoms with van der Waals surface area (Å²) < 4.78 is 13.4. The molecule has 0 bridgehead atoms. The topological polar surface area (TPSA) is 109 Å². The van der Waals surface area contributed by atoms with Crippen molar-refractivity contribution < 1.29 is 19.2 Å². The molecule has 0 amide bonds. The number of nitro benzene ring substituents is 1. The van der Waals surface area contributed by atoms with Crippen molar-refractivity contribution in [2.75, 3.05) is 18.5 Å². The highest BCUT2D eigenvalue weighted by Crippen LogP contribution is 2.49. The molecule has 2 aliphatic carbocycles. The van der Waals surface area contributed by atoms with Crippen molar-refractivity contribution in [3.8, 4) is 0 Å². The number of nitrogens with one attached hydrogen (secondary N) is 1. The number of rotatable bonds is 8. The third-order valence-corrected chi connectivity index (χ3v) is 7.78. The van der Waals surface area contributed by atoms with Crippen LogP contribution in [0.15, 0.2) is 35.5 Å². The number of nitro groups is 1. The normalized spacial score (nSPS) is 19.9. The smallest absolute Gasteiger partial charge is 0.336 e. The van der Waals surface area contributed by atoms with Gasteiger partial charge in [0.2, 0.25) is 0 Å². The Kier molecular flexibility index (Phi) is 8.54. The van der Waals surface area contributed by atoms with Crippen molar-refractivity contribution in [2.45, 2.75) is 76.2 Å². The fraction of sp³-hybridized carbons (Fsp3) is 0.556. The minimum absolute atomic E-state index is 0. The maximum atomic E-state index is 13.5. The van der Waals surface area contributed by atoms with Crippen LogP contribution < -0.4 is 5.32 Å². The molecule has 2 saturated carbocycles. The SMILES string of the molecule is CC1=C(C(=O)OCCOC2CCCC2)C(c2ccccc2[N+](=O)[O-])c2c(C3CCCC3)nn(C)c2N1.Cl. The number of halogens is 1. The van der Waals surface area contributed by atoms with Gasteiger partial charge in [-0.15, -0.1) is 12.4 Å². The molecule has 37 heavy (non-hydrogen) atoms. The number of para-hydroxylation sites is 1. The molecule has 1 aromatic carbocycles. The highest BCUT2D eigenvalue weighted by atomic mass is 35.5. The lowest BCUT2D eigenvalue weighted by Gasteiger charge is -2.29. The van der Waals surface area contributed by atoms with E-state index in [4.69, 9.17) is 14.6 Å². The predicted octanol–water partition coefficient (Wildman–Crippen LogP) is 5.74. The Morgan fingerprint density at radius 1 is 1.14 bits per heavy atom. The zero-order valence-electron chi connectivity index (χ0n) is 21.4. The van der Waals surface area contributed by atoms with Crippen LogP contribution in [0.2, 0.25) is 0 Å². The highest BCUT2D eigenvalue weighted by Gasteiger charge is 2.42. The average molecular weight is 531 g/mol. The second-order valence-electron chi connectivity index (χ2n) is 10.1. The van der Waals surface area contributed by atoms with E-state index in [1.54, 1.807) is 22.9 Å². The van der Waals surface area contributed by atoms with Crippen molar-refractivity contribution in [2.24, 2.45) is 7.05 Å². The van der Waals surface area contributed by atoms with Crippen molar-refractivity contribution in [1.29, 1.82) is 0 Å². The van der Waals surface area contributed by atoms with Gasteiger partial charge in [0.1, 0.15) is 12.4 Å². The monoisotopic (exact) mass is 530 g/mol. The van der Waals surface area contributed by atoms with E-state index in [1.807, 2.05) is 14.0 Å². The zero-order chi connectivity index (χ0) is 25.2. The summed E-state index contributed by atoms with van der Waals surface area (Å²) in [5.41, 5.74) is 3.24. The number of hydrogen-bond acceptors (Lipinski definition) is 7. The van der Waals surface area contributed by atoms with Gasteiger partial charge in [-0.1, -0.05) is 43.9 Å². The Bertz CT molecular complexity index is 1180. The minimum atomic E-state index is -0.643. The van der Waals surface area contributed by atoms with Crippen LogP contribution in [-0.4, -0.2) is 40.0 Å². The largest absolute Gasteiger partial charge is 0.460 e. The van der Waals surface area contributed by atoms with Gasteiger partial charge in [-0.2, -0.15) is 5.10 Å². The van der Waals surface area contributed by atoms with E-state index in [0.717, 1.165) is 55.6 Å². The molecular weight excluding hydrogens is 496 g/mol. The quantitative estimate of drug-likeness (QED) is 0.200. The van der Waals surface area contributed by atoms with Crippen LogP contribution in [0.25, 0.3) is 0 Å². The molecule has 200 valence electrons. The van der Waals surface area contributed by atoms with E-state index in [0.29, 0.717) is 23.4 Å². The van der Waals surface area contributed by atoms with E-state index in [-0.39, 0.29) is 41.6 Å². The van der Waals surface area contributed by atoms with E-state index in [9.17, 15) is 14.9 Å². The molecule has 1 aromatic heterocycles. The summed E-state index contributed by atoms with van der Waals surface area (Å²) in [6, 6.07) is 6.67. The third kappa shape index (κ3) is 5.38. The zero-order valence-corrected chi connectivity index (χ0v) is 22.2. The Balaban J connectivity index is 0.00000320. The Morgan fingerprint density at radius 3 is 2.51 bits per heavy atom. The summed E-state index contributed by atoms with van der Waals surface area (Å²) in [4.78, 5) is 25.2. The molecule has 2 fully saturated rings. The fourth-order valence-electron chi connectivity index (χ4n) is 6.06. The van der Waals surface area contributed by atoms with Crippen molar-refractivity contribution in [3.63, 3.8) is 0 Å². The van der Waals surface area contributed by atoms with Crippen molar-refractivity contribution in [1.82, 2.24) is 9.78 Å². The molecule has 1 N–H and O–H groups in total. The van der Waals surface area contributed by atoms with E-state index >= 15 is 0 Å². The number of esters is 1. The summed E-state index contributed by atoms with van der Waals surface area (Å²) >= 11 is 0. The molecule has 1 unspecified atom stereocenters. The van der Waals surface area contributed by atoms with Gasteiger partial charge in [0.05, 0.1) is 34.8 Å². The molecular formula is C27H35ClN4O5. The van der Waals surface area contributed by atoms with Crippen molar-refractivity contribution in [3.05, 3.63) is 62.5 Å². The van der Waals surface area contributed by atoms with E-state index in [1.165, 1.54) is 18.9 Å². The van der Waals surface area contributed by atoms with Gasteiger partial charge >= 0.3 is 5.97 Å². The van der Waals surface area contributed by atoms with Crippen LogP contribution in [0.5, 0.6) is 0 Å². The molecule has 1 atom stereocenters. The minimum Gasteiger partial charge on any atom is -0.460 e. The number of ether oxygens (including phenoxy) is 2. The standard InChI is InChI=1S/C27H34N4O5.ClH/c1-17-22(27(32)36-16-15-35-19-11-5-6-12-19)23(20-13-7-8-14-21(20)31(33)34)24-25(18-9-3-4-10-18)29-30(2)26(24)28-17;/h7-8,13-14,18-19,23,28H,3-6,9-12,15-16H2,1-2H3;1H. The number of fused-ring (bicyclic) bond motifs is 1. The van der Waals surface area contributed by atoms with E-state index < -0.39 is 11.9 Å². The van der Waals surface area contributed by atoms with Crippen LogP contribution in [0.3, 0.4) is 0 Å². The predicted molar refractivity (Wildman–Crippen MR) is 142 cm³/mol. The third-order valence-electron chi connectivity index (χ3n) is 7.78. The van der Waals surface area contributed by atoms with Crippen LogP contribution in [0.1, 0.15) is 86.9 Å². The molecule has 9 nitrogen and oxygen atoms in total. The van der Waals surface area contributed by atoms with Crippen LogP contribution in [0, 0.1) is 10.1 Å². The number of benzene rings is 1. The number of anilines is 1. The van der Waals surface area contributed by atoms with Gasteiger partial charge in [-0.25, -0.2) is 4.79 Å². The fourth-order valence-corrected chi connectivity index (χ4v) is 6.06. The van der Waals surface area contributed by atoms with Crippen LogP contribution in [0.4, 0.5) is 11.5 Å². The Labute approximate surface area is 223 Å². The number of allylic oxidation sites excluding steroid dienone is 1. The molecule has 1 aliphatic heterocycles. The lowest BCUT2D eigenvalue weighted by Crippen LogP contribution is -2.27. The number of nitrogens with zero attached hydrogens (tertiary/aromatic N) is 3. The summed E-state index contributed by atoms with van der Waals surface area (Å²) in [5.74, 6) is -0.0818. The molecule has 5 rings (SSSR count). The summed E-state index contributed by atoms with van der Waals surface area (Å²) in [6.45, 7) is 2.31. The van der Waals surface area contributed by atoms with E-state index in [2.05, 4.69) is 5.32 Å². The number of aryl methyl sites for hydroxylation is 1. The molecule has 0 saturated heterocycles. The lowest BCUT2D eigenvalue weighted by atomic mass is 9.79. The molecule has 0 radical (unpaired) electrons. The van der Waals surface area contributed by atoms with Crippen LogP contribution >= 0.6 is 12.4 Å². The first-order chi connectivity index (χ1) is 17.5. The van der Waals surface area contributed by atoms with Gasteiger partial charge in [0.15, 0.2) is 0 Å². The van der Waals surface area contributed by atoms with Crippen LogP contribution in [-0.2, 0) is 21.3 Å². The summed E-state index contributed by atoms with van der Waals surface area (Å²) in [5, 5.41) is 20.3. The number of hydrogen-bond donors (Lipinski definition) is 1. The maximum absolute atomic E-state index is 13.5. The molecule has 3 aliphatic rings. The number of carbonyl (C=O) groups excluding carboxylic acids is 1. The molecule has 10 heteroatoms. The van der Waals surface area contributed by atoms with Gasteiger partial charge in [-0.05, 0) is 32.6 Å². The summed E-state index contributed by atoms with van der Waals surface area (Å²) in [6.07, 6.45) is 9.00. The molecule has 2 aromatic rings. The molecule has 2 heterocycles. The first-order valence-corrected chi connectivity index (χ1v) is 13.0. The first-order valence-electron chi connectivity index (χ1n) is 13.0. The summed E-state index contributed by atoms with van der Waals surface area (Å²) in [7, 11) is 1.87. The number of carbonyl (C=O) groups is 1. The first kappa shape index (κ1) is 27.1. The number of aromatic nitrogens is 2. The highest BCUT2D eigenvalue weighted by molar-refractivity contribution is 5.95. The van der Waals surface area contributed by atoms with Crippen molar-refractivity contribution >= 4 is 29.9 Å². The second-order valence-corrected chi connectivity index (χ2v) is 10.1. The Hall–Kier alpha value is -2.91. The average Bonchev–Trinajstić information content (AvgIpc) is 3.63.